The van der Waals surface area contributed by atoms with E-state index in [2.05, 4.69) is 16.3 Å². The average Bonchev–Trinajstić information content (AvgIpc) is 2.47. The van der Waals surface area contributed by atoms with Gasteiger partial charge in [0.2, 0.25) is 0 Å². The van der Waals surface area contributed by atoms with Gasteiger partial charge < -0.3 is 15.2 Å². The number of esters is 1. The molecule has 23 heavy (non-hydrogen) atoms. The van der Waals surface area contributed by atoms with Crippen LogP contribution in [-0.4, -0.2) is 42.2 Å². The highest BCUT2D eigenvalue weighted by molar-refractivity contribution is 5.85. The van der Waals surface area contributed by atoms with Gasteiger partial charge in [0.1, 0.15) is 0 Å². The number of nitriles is 1. The molecule has 0 aliphatic carbocycles. The molecule has 1 aliphatic rings. The molecule has 0 saturated carbocycles. The summed E-state index contributed by atoms with van der Waals surface area (Å²) in [6.07, 6.45) is 0.354. The molecule has 0 spiro atoms. The van der Waals surface area contributed by atoms with Crippen LogP contribution >= 0.6 is 24.8 Å². The van der Waals surface area contributed by atoms with E-state index in [0.29, 0.717) is 6.42 Å². The number of nitrogens with one attached hydrogen (secondary N) is 1. The SMILES string of the molecule is CC(=O)Oc1ccc([C@H](CC#N)N2CCNCC2)cc1O.Cl.Cl. The van der Waals surface area contributed by atoms with Crippen LogP contribution in [0.2, 0.25) is 0 Å². The Morgan fingerprint density at radius 1 is 1.43 bits per heavy atom. The Hall–Kier alpha value is -1.52. The summed E-state index contributed by atoms with van der Waals surface area (Å²) in [5.41, 5.74) is 0.854. The topological polar surface area (TPSA) is 85.6 Å². The van der Waals surface area contributed by atoms with Crippen LogP contribution in [0, 0.1) is 11.3 Å². The fourth-order valence-corrected chi connectivity index (χ4v) is 2.52. The minimum atomic E-state index is -0.478. The number of phenolic OH excluding ortho intramolecular Hbond substituents is 1. The summed E-state index contributed by atoms with van der Waals surface area (Å²) in [5.74, 6) is -0.420. The quantitative estimate of drug-likeness (QED) is 0.630. The molecule has 1 heterocycles. The van der Waals surface area contributed by atoms with E-state index in [-0.39, 0.29) is 42.4 Å². The van der Waals surface area contributed by atoms with Gasteiger partial charge in [-0.3, -0.25) is 9.69 Å². The summed E-state index contributed by atoms with van der Waals surface area (Å²) in [4.78, 5) is 13.2. The van der Waals surface area contributed by atoms with E-state index >= 15 is 0 Å². The molecule has 0 radical (unpaired) electrons. The highest BCUT2D eigenvalue weighted by Gasteiger charge is 2.23. The standard InChI is InChI=1S/C15H19N3O3.2ClH/c1-11(19)21-15-3-2-12(10-14(15)20)13(4-5-16)18-8-6-17-7-9-18;;/h2-3,10,13,17,20H,4,6-9H2,1H3;2*1H/t13-;;/m0../s1. The number of piperazine rings is 1. The maximum atomic E-state index is 10.9. The van der Waals surface area contributed by atoms with Gasteiger partial charge in [0.25, 0.3) is 0 Å². The molecule has 1 aromatic carbocycles. The lowest BCUT2D eigenvalue weighted by atomic mass is 10.0. The lowest BCUT2D eigenvalue weighted by molar-refractivity contribution is -0.132. The molecule has 2 rings (SSSR count). The van der Waals surface area contributed by atoms with E-state index in [9.17, 15) is 9.90 Å². The first kappa shape index (κ1) is 21.5. The number of nitrogens with zero attached hydrogens (tertiary/aromatic N) is 2. The number of hydrogen-bond donors (Lipinski definition) is 2. The number of ether oxygens (including phenoxy) is 1. The van der Waals surface area contributed by atoms with E-state index in [1.807, 2.05) is 0 Å². The van der Waals surface area contributed by atoms with Crippen molar-refractivity contribution in [2.75, 3.05) is 26.2 Å². The molecule has 6 nitrogen and oxygen atoms in total. The lowest BCUT2D eigenvalue weighted by Crippen LogP contribution is -2.45. The Morgan fingerprint density at radius 3 is 2.61 bits per heavy atom. The van der Waals surface area contributed by atoms with Gasteiger partial charge in [-0.2, -0.15) is 5.26 Å². The Morgan fingerprint density at radius 2 is 2.09 bits per heavy atom. The Labute approximate surface area is 148 Å². The fraction of sp³-hybridized carbons (Fsp3) is 0.467. The zero-order valence-electron chi connectivity index (χ0n) is 12.8. The second kappa shape index (κ2) is 10.3. The first-order valence-electron chi connectivity index (χ1n) is 6.95. The average molecular weight is 362 g/mol. The number of hydrogen-bond acceptors (Lipinski definition) is 6. The number of rotatable bonds is 4. The number of phenols is 1. The molecule has 128 valence electrons. The van der Waals surface area contributed by atoms with Crippen LogP contribution in [0.25, 0.3) is 0 Å². The second-order valence-corrected chi connectivity index (χ2v) is 4.98. The third kappa shape index (κ3) is 5.88. The van der Waals surface area contributed by atoms with E-state index in [1.165, 1.54) is 6.92 Å². The van der Waals surface area contributed by atoms with Crippen molar-refractivity contribution in [3.05, 3.63) is 23.8 Å². The zero-order chi connectivity index (χ0) is 15.2. The summed E-state index contributed by atoms with van der Waals surface area (Å²) in [5, 5.41) is 22.3. The van der Waals surface area contributed by atoms with Crippen LogP contribution in [0.4, 0.5) is 0 Å². The second-order valence-electron chi connectivity index (χ2n) is 4.98. The number of halogens is 2. The van der Waals surface area contributed by atoms with Crippen molar-refractivity contribution < 1.29 is 14.6 Å². The summed E-state index contributed by atoms with van der Waals surface area (Å²) in [6.45, 7) is 4.78. The zero-order valence-corrected chi connectivity index (χ0v) is 14.5. The molecule has 8 heteroatoms. The first-order valence-corrected chi connectivity index (χ1v) is 6.95. The summed E-state index contributed by atoms with van der Waals surface area (Å²) < 4.78 is 4.91. The largest absolute Gasteiger partial charge is 0.504 e. The van der Waals surface area contributed by atoms with Crippen molar-refractivity contribution in [3.8, 4) is 17.6 Å². The number of aromatic hydroxyl groups is 1. The maximum Gasteiger partial charge on any atom is 0.308 e. The van der Waals surface area contributed by atoms with Gasteiger partial charge in [-0.15, -0.1) is 24.8 Å². The molecule has 0 aromatic heterocycles. The van der Waals surface area contributed by atoms with Gasteiger partial charge in [-0.25, -0.2) is 0 Å². The molecule has 0 amide bonds. The maximum absolute atomic E-state index is 10.9. The van der Waals surface area contributed by atoms with Gasteiger partial charge in [-0.05, 0) is 17.7 Å². The van der Waals surface area contributed by atoms with Crippen molar-refractivity contribution in [1.82, 2.24) is 10.2 Å². The molecule has 0 unspecified atom stereocenters. The monoisotopic (exact) mass is 361 g/mol. The smallest absolute Gasteiger partial charge is 0.308 e. The summed E-state index contributed by atoms with van der Waals surface area (Å²) >= 11 is 0. The highest BCUT2D eigenvalue weighted by Crippen LogP contribution is 2.32. The molecule has 1 atom stereocenters. The summed E-state index contributed by atoms with van der Waals surface area (Å²) in [7, 11) is 0. The Bertz CT molecular complexity index is 557. The highest BCUT2D eigenvalue weighted by atomic mass is 35.5. The van der Waals surface area contributed by atoms with E-state index in [1.54, 1.807) is 18.2 Å². The van der Waals surface area contributed by atoms with Crippen molar-refractivity contribution in [2.24, 2.45) is 0 Å². The van der Waals surface area contributed by atoms with E-state index in [0.717, 1.165) is 31.7 Å². The third-order valence-corrected chi connectivity index (χ3v) is 3.50. The van der Waals surface area contributed by atoms with Gasteiger partial charge in [-0.1, -0.05) is 6.07 Å². The molecular formula is C15H21Cl2N3O3. The van der Waals surface area contributed by atoms with Crippen LogP contribution in [-0.2, 0) is 4.79 Å². The van der Waals surface area contributed by atoms with Crippen LogP contribution in [0.3, 0.4) is 0 Å². The minimum Gasteiger partial charge on any atom is -0.504 e. The van der Waals surface area contributed by atoms with Gasteiger partial charge in [0.05, 0.1) is 12.5 Å². The first-order chi connectivity index (χ1) is 10.1. The van der Waals surface area contributed by atoms with Crippen LogP contribution in [0.15, 0.2) is 18.2 Å². The minimum absolute atomic E-state index is 0. The predicted molar refractivity (Wildman–Crippen MR) is 91.3 cm³/mol. The van der Waals surface area contributed by atoms with Gasteiger partial charge in [0, 0.05) is 39.1 Å². The Kier molecular flexibility index (Phi) is 9.61. The molecule has 0 bridgehead atoms. The Balaban J connectivity index is 0.00000242. The number of carbonyl (C=O) groups excluding carboxylic acids is 1. The normalized spacial score (nSPS) is 15.5. The number of benzene rings is 1. The predicted octanol–water partition coefficient (Wildman–Crippen LogP) is 2.02. The molecule has 1 aliphatic heterocycles. The van der Waals surface area contributed by atoms with E-state index < -0.39 is 5.97 Å². The molecule has 1 aromatic rings. The van der Waals surface area contributed by atoms with Gasteiger partial charge >= 0.3 is 5.97 Å². The van der Waals surface area contributed by atoms with Crippen molar-refractivity contribution in [3.63, 3.8) is 0 Å². The molecule has 2 N–H and O–H groups in total. The molecule has 1 saturated heterocycles. The van der Waals surface area contributed by atoms with E-state index in [4.69, 9.17) is 10.00 Å². The third-order valence-electron chi connectivity index (χ3n) is 3.50. The van der Waals surface area contributed by atoms with Crippen molar-refractivity contribution in [2.45, 2.75) is 19.4 Å². The van der Waals surface area contributed by atoms with Crippen LogP contribution in [0.5, 0.6) is 11.5 Å². The van der Waals surface area contributed by atoms with Crippen molar-refractivity contribution >= 4 is 30.8 Å². The van der Waals surface area contributed by atoms with Gasteiger partial charge in [0.15, 0.2) is 11.5 Å². The van der Waals surface area contributed by atoms with Crippen molar-refractivity contribution in [1.29, 1.82) is 5.26 Å². The lowest BCUT2D eigenvalue weighted by Gasteiger charge is -2.34. The molecular weight excluding hydrogens is 341 g/mol. The van der Waals surface area contributed by atoms with Crippen LogP contribution in [0.1, 0.15) is 24.9 Å². The van der Waals surface area contributed by atoms with Crippen LogP contribution < -0.4 is 10.1 Å². The number of carbonyl (C=O) groups is 1. The fourth-order valence-electron chi connectivity index (χ4n) is 2.52. The molecule has 1 fully saturated rings. The summed E-state index contributed by atoms with van der Waals surface area (Å²) in [6, 6.07) is 7.07.